The molecule has 1 fully saturated rings. The summed E-state index contributed by atoms with van der Waals surface area (Å²) in [6, 6.07) is 6.35. The second-order valence-corrected chi connectivity index (χ2v) is 8.29. The third-order valence-corrected chi connectivity index (χ3v) is 4.56. The van der Waals surface area contributed by atoms with Crippen LogP contribution in [-0.2, 0) is 4.74 Å². The molecule has 4 nitrogen and oxygen atoms in total. The van der Waals surface area contributed by atoms with Gasteiger partial charge in [0, 0.05) is 16.6 Å². The molecular formula is C17H24BrClN2O2. The van der Waals surface area contributed by atoms with Crippen molar-refractivity contribution in [2.45, 2.75) is 64.1 Å². The zero-order valence-corrected chi connectivity index (χ0v) is 16.1. The topological polar surface area (TPSA) is 50.4 Å². The Morgan fingerprint density at radius 3 is 2.43 bits per heavy atom. The van der Waals surface area contributed by atoms with E-state index in [0.717, 1.165) is 40.9 Å². The molecule has 0 radical (unpaired) electrons. The molecule has 128 valence electrons. The molecule has 0 heterocycles. The number of carbonyl (C=O) groups excluding carboxylic acids is 1. The first-order valence-corrected chi connectivity index (χ1v) is 9.11. The molecule has 1 aromatic carbocycles. The average Bonchev–Trinajstić information content (AvgIpc) is 2.43. The number of nitrogens with one attached hydrogen (secondary N) is 2. The maximum atomic E-state index is 11.8. The van der Waals surface area contributed by atoms with E-state index in [-0.39, 0.29) is 12.1 Å². The van der Waals surface area contributed by atoms with Gasteiger partial charge >= 0.3 is 6.09 Å². The number of amides is 1. The summed E-state index contributed by atoms with van der Waals surface area (Å²) < 4.78 is 6.31. The Bertz CT molecular complexity index is 552. The van der Waals surface area contributed by atoms with Crippen molar-refractivity contribution < 1.29 is 9.53 Å². The van der Waals surface area contributed by atoms with Gasteiger partial charge in [0.25, 0.3) is 0 Å². The lowest BCUT2D eigenvalue weighted by molar-refractivity contribution is 0.0492. The van der Waals surface area contributed by atoms with E-state index in [4.69, 9.17) is 16.3 Å². The standard InChI is InChI=1S/C17H24BrClN2O2/c1-17(2,3)23-16(22)21-13-7-5-12(6-8-13)20-15-10-11(18)4-9-14(15)19/h4,9-10,12-13,20H,5-8H2,1-3H3,(H,21,22). The first kappa shape index (κ1) is 18.4. The summed E-state index contributed by atoms with van der Waals surface area (Å²) in [4.78, 5) is 11.8. The van der Waals surface area contributed by atoms with Crippen LogP contribution in [0.4, 0.5) is 10.5 Å². The maximum Gasteiger partial charge on any atom is 0.407 e. The van der Waals surface area contributed by atoms with E-state index in [2.05, 4.69) is 26.6 Å². The Morgan fingerprint density at radius 1 is 1.22 bits per heavy atom. The SMILES string of the molecule is CC(C)(C)OC(=O)NC1CCC(Nc2cc(Br)ccc2Cl)CC1. The number of ether oxygens (including phenoxy) is 1. The Morgan fingerprint density at radius 2 is 1.83 bits per heavy atom. The van der Waals surface area contributed by atoms with Crippen molar-refractivity contribution in [1.82, 2.24) is 5.32 Å². The van der Waals surface area contributed by atoms with E-state index in [1.54, 1.807) is 0 Å². The minimum atomic E-state index is -0.458. The van der Waals surface area contributed by atoms with Crippen LogP contribution in [0.25, 0.3) is 0 Å². The molecule has 1 aromatic rings. The van der Waals surface area contributed by atoms with Gasteiger partial charge in [-0.2, -0.15) is 0 Å². The molecule has 0 aliphatic heterocycles. The van der Waals surface area contributed by atoms with E-state index >= 15 is 0 Å². The molecule has 0 bridgehead atoms. The predicted octanol–water partition coefficient (Wildman–Crippen LogP) is 5.35. The molecule has 1 saturated carbocycles. The number of carbonyl (C=O) groups is 1. The largest absolute Gasteiger partial charge is 0.444 e. The predicted molar refractivity (Wildman–Crippen MR) is 98.2 cm³/mol. The summed E-state index contributed by atoms with van der Waals surface area (Å²) in [7, 11) is 0. The molecule has 0 atom stereocenters. The van der Waals surface area contributed by atoms with Crippen molar-refractivity contribution in [3.63, 3.8) is 0 Å². The zero-order valence-electron chi connectivity index (χ0n) is 13.8. The van der Waals surface area contributed by atoms with Crippen LogP contribution in [0.5, 0.6) is 0 Å². The van der Waals surface area contributed by atoms with Crippen molar-refractivity contribution in [3.8, 4) is 0 Å². The maximum absolute atomic E-state index is 11.8. The van der Waals surface area contributed by atoms with E-state index < -0.39 is 5.60 Å². The molecular weight excluding hydrogens is 380 g/mol. The lowest BCUT2D eigenvalue weighted by Crippen LogP contribution is -2.42. The van der Waals surface area contributed by atoms with Crippen LogP contribution in [0.2, 0.25) is 5.02 Å². The highest BCUT2D eigenvalue weighted by Gasteiger charge is 2.25. The zero-order chi connectivity index (χ0) is 17.0. The third kappa shape index (κ3) is 6.22. The van der Waals surface area contributed by atoms with Crippen LogP contribution in [0.3, 0.4) is 0 Å². The van der Waals surface area contributed by atoms with Gasteiger partial charge in [-0.05, 0) is 64.7 Å². The Kier molecular flexibility index (Phi) is 6.20. The van der Waals surface area contributed by atoms with Gasteiger partial charge in [0.2, 0.25) is 0 Å². The Labute approximate surface area is 151 Å². The third-order valence-electron chi connectivity index (χ3n) is 3.74. The molecule has 0 spiro atoms. The van der Waals surface area contributed by atoms with Gasteiger partial charge in [0.1, 0.15) is 5.60 Å². The second kappa shape index (κ2) is 7.75. The molecule has 2 N–H and O–H groups in total. The first-order valence-electron chi connectivity index (χ1n) is 7.94. The number of hydrogen-bond acceptors (Lipinski definition) is 3. The summed E-state index contributed by atoms with van der Waals surface area (Å²) in [6.45, 7) is 5.61. The van der Waals surface area contributed by atoms with Crippen LogP contribution in [0, 0.1) is 0 Å². The molecule has 2 rings (SSSR count). The van der Waals surface area contributed by atoms with E-state index in [9.17, 15) is 4.79 Å². The number of rotatable bonds is 3. The van der Waals surface area contributed by atoms with Gasteiger partial charge < -0.3 is 15.4 Å². The fourth-order valence-electron chi connectivity index (χ4n) is 2.68. The highest BCUT2D eigenvalue weighted by Crippen LogP contribution is 2.29. The molecule has 6 heteroatoms. The van der Waals surface area contributed by atoms with Crippen molar-refractivity contribution in [2.24, 2.45) is 0 Å². The summed E-state index contributed by atoms with van der Waals surface area (Å²) in [6.07, 6.45) is 3.52. The number of anilines is 1. The van der Waals surface area contributed by atoms with Crippen molar-refractivity contribution >= 4 is 39.3 Å². The van der Waals surface area contributed by atoms with Crippen molar-refractivity contribution in [3.05, 3.63) is 27.7 Å². The number of halogens is 2. The quantitative estimate of drug-likeness (QED) is 0.715. The molecule has 0 saturated heterocycles. The normalized spacial score (nSPS) is 21.6. The molecule has 0 aromatic heterocycles. The number of hydrogen-bond donors (Lipinski definition) is 2. The molecule has 23 heavy (non-hydrogen) atoms. The molecule has 1 aliphatic rings. The van der Waals surface area contributed by atoms with Gasteiger partial charge in [0.15, 0.2) is 0 Å². The monoisotopic (exact) mass is 402 g/mol. The van der Waals surface area contributed by atoms with Gasteiger partial charge in [0.05, 0.1) is 10.7 Å². The highest BCUT2D eigenvalue weighted by atomic mass is 79.9. The van der Waals surface area contributed by atoms with E-state index in [1.165, 1.54) is 0 Å². The Hall–Kier alpha value is -0.940. The summed E-state index contributed by atoms with van der Waals surface area (Å²) in [5.74, 6) is 0. The van der Waals surface area contributed by atoms with Gasteiger partial charge in [-0.3, -0.25) is 0 Å². The minimum absolute atomic E-state index is 0.181. The molecule has 0 unspecified atom stereocenters. The first-order chi connectivity index (χ1) is 10.7. The van der Waals surface area contributed by atoms with E-state index in [0.29, 0.717) is 6.04 Å². The van der Waals surface area contributed by atoms with Crippen LogP contribution in [-0.4, -0.2) is 23.8 Å². The minimum Gasteiger partial charge on any atom is -0.444 e. The Balaban J connectivity index is 1.80. The van der Waals surface area contributed by atoms with Gasteiger partial charge in [-0.1, -0.05) is 27.5 Å². The van der Waals surface area contributed by atoms with Crippen LogP contribution in [0.1, 0.15) is 46.5 Å². The van der Waals surface area contributed by atoms with Crippen molar-refractivity contribution in [2.75, 3.05) is 5.32 Å². The number of alkyl carbamates (subject to hydrolysis) is 1. The van der Waals surface area contributed by atoms with Crippen LogP contribution >= 0.6 is 27.5 Å². The van der Waals surface area contributed by atoms with Crippen LogP contribution in [0.15, 0.2) is 22.7 Å². The lowest BCUT2D eigenvalue weighted by atomic mass is 9.91. The molecule has 1 amide bonds. The van der Waals surface area contributed by atoms with Gasteiger partial charge in [-0.25, -0.2) is 4.79 Å². The summed E-state index contributed by atoms with van der Waals surface area (Å²) in [5, 5.41) is 7.18. The fraction of sp³-hybridized carbons (Fsp3) is 0.588. The van der Waals surface area contributed by atoms with Crippen LogP contribution < -0.4 is 10.6 Å². The summed E-state index contributed by atoms with van der Waals surface area (Å²) >= 11 is 9.68. The average molecular weight is 404 g/mol. The molecule has 1 aliphatic carbocycles. The lowest BCUT2D eigenvalue weighted by Gasteiger charge is -2.31. The second-order valence-electron chi connectivity index (χ2n) is 6.96. The number of benzene rings is 1. The summed E-state index contributed by atoms with van der Waals surface area (Å²) in [5.41, 5.74) is 0.491. The van der Waals surface area contributed by atoms with Gasteiger partial charge in [-0.15, -0.1) is 0 Å². The highest BCUT2D eigenvalue weighted by molar-refractivity contribution is 9.10. The van der Waals surface area contributed by atoms with Crippen molar-refractivity contribution in [1.29, 1.82) is 0 Å². The van der Waals surface area contributed by atoms with E-state index in [1.807, 2.05) is 39.0 Å². The smallest absolute Gasteiger partial charge is 0.407 e. The fourth-order valence-corrected chi connectivity index (χ4v) is 3.22.